The SMILES string of the molecule is COc1cc2c(cc1CN[C@@H](c1cc(=O)n3[nH]c(-c4ccccn4)cc3n1)C(C)C)CCC2. The molecule has 0 spiro atoms. The van der Waals surface area contributed by atoms with Gasteiger partial charge in [-0.05, 0) is 54.5 Å². The fourth-order valence-electron chi connectivity index (χ4n) is 4.70. The minimum Gasteiger partial charge on any atom is -0.496 e. The number of methoxy groups -OCH3 is 1. The molecule has 170 valence electrons. The van der Waals surface area contributed by atoms with Crippen LogP contribution in [0.15, 0.2) is 53.5 Å². The van der Waals surface area contributed by atoms with Crippen molar-refractivity contribution < 1.29 is 4.74 Å². The van der Waals surface area contributed by atoms with E-state index in [0.717, 1.165) is 41.2 Å². The summed E-state index contributed by atoms with van der Waals surface area (Å²) in [7, 11) is 1.72. The van der Waals surface area contributed by atoms with Gasteiger partial charge in [0.2, 0.25) is 0 Å². The molecule has 33 heavy (non-hydrogen) atoms. The fraction of sp³-hybridized carbons (Fsp3) is 0.346. The van der Waals surface area contributed by atoms with Crippen LogP contribution in [-0.2, 0) is 19.4 Å². The summed E-state index contributed by atoms with van der Waals surface area (Å²) in [5.41, 5.74) is 6.66. The second-order valence-electron chi connectivity index (χ2n) is 8.99. The fourth-order valence-corrected chi connectivity index (χ4v) is 4.70. The van der Waals surface area contributed by atoms with Gasteiger partial charge in [0.1, 0.15) is 5.75 Å². The van der Waals surface area contributed by atoms with Gasteiger partial charge < -0.3 is 10.1 Å². The van der Waals surface area contributed by atoms with Crippen molar-refractivity contribution in [2.75, 3.05) is 7.11 Å². The molecular weight excluding hydrogens is 414 g/mol. The number of aromatic nitrogens is 4. The molecule has 0 fully saturated rings. The van der Waals surface area contributed by atoms with E-state index in [0.29, 0.717) is 12.2 Å². The molecule has 3 heterocycles. The molecule has 1 atom stereocenters. The van der Waals surface area contributed by atoms with Gasteiger partial charge in [-0.3, -0.25) is 14.9 Å². The number of H-pyrrole nitrogens is 1. The second kappa shape index (κ2) is 8.83. The predicted molar refractivity (Wildman–Crippen MR) is 128 cm³/mol. The maximum atomic E-state index is 12.9. The van der Waals surface area contributed by atoms with Crippen LogP contribution in [0.25, 0.3) is 17.0 Å². The molecule has 2 N–H and O–H groups in total. The summed E-state index contributed by atoms with van der Waals surface area (Å²) in [6.07, 6.45) is 5.18. The van der Waals surface area contributed by atoms with Crippen molar-refractivity contribution in [3.63, 3.8) is 0 Å². The average Bonchev–Trinajstić information content (AvgIpc) is 3.46. The van der Waals surface area contributed by atoms with E-state index in [9.17, 15) is 4.79 Å². The highest BCUT2D eigenvalue weighted by atomic mass is 16.5. The van der Waals surface area contributed by atoms with E-state index in [-0.39, 0.29) is 17.5 Å². The molecule has 7 heteroatoms. The van der Waals surface area contributed by atoms with Gasteiger partial charge in [-0.25, -0.2) is 9.50 Å². The summed E-state index contributed by atoms with van der Waals surface area (Å²) in [6, 6.07) is 13.5. The number of hydrogen-bond acceptors (Lipinski definition) is 5. The maximum Gasteiger partial charge on any atom is 0.272 e. The van der Waals surface area contributed by atoms with Crippen LogP contribution >= 0.6 is 0 Å². The van der Waals surface area contributed by atoms with Crippen LogP contribution in [0.5, 0.6) is 5.75 Å². The lowest BCUT2D eigenvalue weighted by Crippen LogP contribution is -2.28. The van der Waals surface area contributed by atoms with Crippen molar-refractivity contribution >= 4 is 5.65 Å². The van der Waals surface area contributed by atoms with Gasteiger partial charge in [-0.1, -0.05) is 26.0 Å². The van der Waals surface area contributed by atoms with Crippen LogP contribution in [0, 0.1) is 5.92 Å². The number of nitrogens with one attached hydrogen (secondary N) is 2. The lowest BCUT2D eigenvalue weighted by Gasteiger charge is -2.23. The lowest BCUT2D eigenvalue weighted by atomic mass is 9.99. The first kappa shape index (κ1) is 21.4. The predicted octanol–water partition coefficient (Wildman–Crippen LogP) is 4.07. The first-order valence-electron chi connectivity index (χ1n) is 11.5. The molecule has 1 aliphatic rings. The van der Waals surface area contributed by atoms with Gasteiger partial charge in [0.15, 0.2) is 5.65 Å². The van der Waals surface area contributed by atoms with E-state index in [1.807, 2.05) is 24.3 Å². The van der Waals surface area contributed by atoms with E-state index < -0.39 is 0 Å². The Balaban J connectivity index is 1.45. The van der Waals surface area contributed by atoms with Gasteiger partial charge in [0, 0.05) is 30.4 Å². The zero-order valence-corrected chi connectivity index (χ0v) is 19.3. The lowest BCUT2D eigenvalue weighted by molar-refractivity contribution is 0.384. The third-order valence-electron chi connectivity index (χ3n) is 6.40. The monoisotopic (exact) mass is 443 g/mol. The first-order valence-corrected chi connectivity index (χ1v) is 11.5. The number of benzene rings is 1. The summed E-state index contributed by atoms with van der Waals surface area (Å²) < 4.78 is 7.14. The van der Waals surface area contributed by atoms with Gasteiger partial charge in [-0.2, -0.15) is 0 Å². The van der Waals surface area contributed by atoms with E-state index in [1.165, 1.54) is 22.1 Å². The van der Waals surface area contributed by atoms with Crippen LogP contribution in [0.2, 0.25) is 0 Å². The molecule has 1 aliphatic carbocycles. The van der Waals surface area contributed by atoms with E-state index in [1.54, 1.807) is 19.4 Å². The van der Waals surface area contributed by atoms with Crippen LogP contribution in [0.1, 0.15) is 48.7 Å². The molecule has 0 saturated heterocycles. The van der Waals surface area contributed by atoms with Gasteiger partial charge in [0.05, 0.1) is 30.2 Å². The van der Waals surface area contributed by atoms with Crippen LogP contribution in [-0.4, -0.2) is 26.7 Å². The molecule has 0 aliphatic heterocycles. The zero-order valence-electron chi connectivity index (χ0n) is 19.3. The molecule has 7 nitrogen and oxygen atoms in total. The van der Waals surface area contributed by atoms with Gasteiger partial charge in [-0.15, -0.1) is 0 Å². The molecule has 0 radical (unpaired) electrons. The van der Waals surface area contributed by atoms with E-state index >= 15 is 0 Å². The van der Waals surface area contributed by atoms with Crippen molar-refractivity contribution in [1.82, 2.24) is 24.9 Å². The Hall–Kier alpha value is -3.45. The minimum absolute atomic E-state index is 0.0751. The molecule has 1 aromatic carbocycles. The van der Waals surface area contributed by atoms with E-state index in [2.05, 4.69) is 41.4 Å². The number of hydrogen-bond donors (Lipinski definition) is 2. The van der Waals surface area contributed by atoms with Crippen molar-refractivity contribution in [3.05, 3.63) is 81.4 Å². The molecule has 0 amide bonds. The number of fused-ring (bicyclic) bond motifs is 2. The Morgan fingerprint density at radius 3 is 2.70 bits per heavy atom. The van der Waals surface area contributed by atoms with Crippen molar-refractivity contribution in [3.8, 4) is 17.1 Å². The number of nitrogens with zero attached hydrogens (tertiary/aromatic N) is 3. The Labute approximate surface area is 192 Å². The van der Waals surface area contributed by atoms with Crippen LogP contribution in [0.4, 0.5) is 0 Å². The largest absolute Gasteiger partial charge is 0.496 e. The molecule has 0 bridgehead atoms. The average molecular weight is 444 g/mol. The normalized spacial score (nSPS) is 14.1. The van der Waals surface area contributed by atoms with Crippen molar-refractivity contribution in [2.45, 2.75) is 45.7 Å². The molecule has 4 aromatic rings. The Kier molecular flexibility index (Phi) is 5.72. The van der Waals surface area contributed by atoms with Crippen molar-refractivity contribution in [1.29, 1.82) is 0 Å². The topological polar surface area (TPSA) is 84.3 Å². The second-order valence-corrected chi connectivity index (χ2v) is 8.99. The van der Waals surface area contributed by atoms with Gasteiger partial charge >= 0.3 is 0 Å². The number of aryl methyl sites for hydroxylation is 2. The number of aromatic amines is 1. The third-order valence-corrected chi connectivity index (χ3v) is 6.40. The summed E-state index contributed by atoms with van der Waals surface area (Å²) >= 11 is 0. The molecule has 0 saturated carbocycles. The Morgan fingerprint density at radius 1 is 1.15 bits per heavy atom. The van der Waals surface area contributed by atoms with Crippen LogP contribution in [0.3, 0.4) is 0 Å². The number of ether oxygens (including phenoxy) is 1. The van der Waals surface area contributed by atoms with Gasteiger partial charge in [0.25, 0.3) is 5.56 Å². The number of pyridine rings is 1. The highest BCUT2D eigenvalue weighted by molar-refractivity contribution is 5.60. The smallest absolute Gasteiger partial charge is 0.272 e. The molecule has 5 rings (SSSR count). The molecular formula is C26H29N5O2. The number of rotatable bonds is 7. The zero-order chi connectivity index (χ0) is 22.9. The third kappa shape index (κ3) is 4.16. The highest BCUT2D eigenvalue weighted by Gasteiger charge is 2.21. The first-order chi connectivity index (χ1) is 16.0. The molecule has 3 aromatic heterocycles. The van der Waals surface area contributed by atoms with Crippen LogP contribution < -0.4 is 15.6 Å². The summed E-state index contributed by atoms with van der Waals surface area (Å²) in [4.78, 5) is 22.1. The molecule has 0 unspecified atom stereocenters. The standard InChI is InChI=1S/C26H29N5O2/c1-16(2)26(28-15-19-11-17-7-6-8-18(17)12-23(19)33-3)22-14-25(32)31-24(29-22)13-21(30-31)20-9-4-5-10-27-20/h4-5,9-14,16,26,28,30H,6-8,15H2,1-3H3/t26-/m1/s1. The van der Waals surface area contributed by atoms with Crippen molar-refractivity contribution in [2.24, 2.45) is 5.92 Å². The highest BCUT2D eigenvalue weighted by Crippen LogP contribution is 2.31. The Bertz CT molecular complexity index is 1340. The maximum absolute atomic E-state index is 12.9. The summed E-state index contributed by atoms with van der Waals surface area (Å²) in [5.74, 6) is 1.16. The summed E-state index contributed by atoms with van der Waals surface area (Å²) in [6.45, 7) is 4.92. The summed E-state index contributed by atoms with van der Waals surface area (Å²) in [5, 5.41) is 6.75. The Morgan fingerprint density at radius 2 is 1.97 bits per heavy atom. The quantitative estimate of drug-likeness (QED) is 0.450. The minimum atomic E-state index is -0.139. The van der Waals surface area contributed by atoms with E-state index in [4.69, 9.17) is 9.72 Å².